The molecule has 1 aromatic heterocycles. The molecule has 1 aliphatic rings. The van der Waals surface area contributed by atoms with Crippen LogP contribution in [0.1, 0.15) is 28.7 Å². The summed E-state index contributed by atoms with van der Waals surface area (Å²) in [6, 6.07) is 7.86. The molecule has 5 heteroatoms. The van der Waals surface area contributed by atoms with Crippen LogP contribution < -0.4 is 15.4 Å². The molecule has 1 amide bonds. The molecule has 3 rings (SSSR count). The molecule has 0 saturated heterocycles. The fraction of sp³-hybridized carbons (Fsp3) is 0.312. The number of nitrogens with one attached hydrogen (secondary N) is 2. The molecule has 110 valence electrons. The van der Waals surface area contributed by atoms with Crippen LogP contribution in [0.25, 0.3) is 0 Å². The molecular weight excluding hydrogens is 268 g/mol. The van der Waals surface area contributed by atoms with Crippen molar-refractivity contribution in [2.24, 2.45) is 0 Å². The SMILES string of the molecule is CNC(c1ccc2c(c1)NC(=O)CO2)c1cc(C)oc1C. The minimum absolute atomic E-state index is 0.00609. The van der Waals surface area contributed by atoms with Gasteiger partial charge in [-0.15, -0.1) is 0 Å². The van der Waals surface area contributed by atoms with Crippen molar-refractivity contribution in [2.45, 2.75) is 19.9 Å². The number of anilines is 1. The summed E-state index contributed by atoms with van der Waals surface area (Å²) in [5, 5.41) is 6.13. The van der Waals surface area contributed by atoms with Crippen molar-refractivity contribution in [1.82, 2.24) is 5.32 Å². The lowest BCUT2D eigenvalue weighted by Gasteiger charge is -2.21. The van der Waals surface area contributed by atoms with Crippen LogP contribution in [0.2, 0.25) is 0 Å². The molecule has 2 N–H and O–H groups in total. The van der Waals surface area contributed by atoms with Crippen LogP contribution in [0.3, 0.4) is 0 Å². The Morgan fingerprint density at radius 3 is 2.76 bits per heavy atom. The number of carbonyl (C=O) groups excluding carboxylic acids is 1. The first-order valence-electron chi connectivity index (χ1n) is 6.89. The topological polar surface area (TPSA) is 63.5 Å². The van der Waals surface area contributed by atoms with Crippen LogP contribution in [-0.4, -0.2) is 19.6 Å². The van der Waals surface area contributed by atoms with Gasteiger partial charge < -0.3 is 19.8 Å². The molecule has 2 heterocycles. The lowest BCUT2D eigenvalue weighted by Crippen LogP contribution is -2.26. The van der Waals surface area contributed by atoms with Gasteiger partial charge in [-0.05, 0) is 44.7 Å². The standard InChI is InChI=1S/C16H18N2O3/c1-9-6-12(10(2)21-9)16(17-3)11-4-5-14-13(7-11)18-15(19)8-20-14/h4-7,16-17H,8H2,1-3H3,(H,18,19). The number of furan rings is 1. The normalized spacial score (nSPS) is 15.1. The van der Waals surface area contributed by atoms with Crippen molar-refractivity contribution < 1.29 is 13.9 Å². The smallest absolute Gasteiger partial charge is 0.262 e. The highest BCUT2D eigenvalue weighted by atomic mass is 16.5. The second kappa shape index (κ2) is 5.26. The Morgan fingerprint density at radius 2 is 2.10 bits per heavy atom. The Hall–Kier alpha value is -2.27. The molecule has 0 bridgehead atoms. The zero-order valence-electron chi connectivity index (χ0n) is 12.3. The average molecular weight is 286 g/mol. The second-order valence-corrected chi connectivity index (χ2v) is 5.18. The van der Waals surface area contributed by atoms with E-state index in [-0.39, 0.29) is 18.6 Å². The molecule has 0 radical (unpaired) electrons. The van der Waals surface area contributed by atoms with Gasteiger partial charge in [-0.1, -0.05) is 6.07 Å². The Bertz CT molecular complexity index is 691. The third-order valence-electron chi connectivity index (χ3n) is 3.65. The summed E-state index contributed by atoms with van der Waals surface area (Å²) < 4.78 is 11.0. The number of hydrogen-bond acceptors (Lipinski definition) is 4. The summed E-state index contributed by atoms with van der Waals surface area (Å²) in [6.45, 7) is 3.96. The number of rotatable bonds is 3. The Kier molecular flexibility index (Phi) is 3.43. The van der Waals surface area contributed by atoms with Crippen molar-refractivity contribution in [3.05, 3.63) is 46.9 Å². The van der Waals surface area contributed by atoms with Gasteiger partial charge in [0.2, 0.25) is 0 Å². The fourth-order valence-electron chi connectivity index (χ4n) is 2.72. The molecule has 2 aromatic rings. The van der Waals surface area contributed by atoms with Crippen LogP contribution in [0.4, 0.5) is 5.69 Å². The quantitative estimate of drug-likeness (QED) is 0.910. The summed E-state index contributed by atoms with van der Waals surface area (Å²) in [6.07, 6.45) is 0. The van der Waals surface area contributed by atoms with E-state index in [9.17, 15) is 4.79 Å². The highest BCUT2D eigenvalue weighted by Gasteiger charge is 2.21. The number of amides is 1. The molecule has 1 aromatic carbocycles. The molecule has 0 saturated carbocycles. The van der Waals surface area contributed by atoms with Gasteiger partial charge in [-0.25, -0.2) is 0 Å². The first-order chi connectivity index (χ1) is 10.1. The van der Waals surface area contributed by atoms with E-state index in [0.717, 1.165) is 22.6 Å². The first kappa shape index (κ1) is 13.7. The summed E-state index contributed by atoms with van der Waals surface area (Å²) in [5.41, 5.74) is 2.85. The maximum Gasteiger partial charge on any atom is 0.262 e. The van der Waals surface area contributed by atoms with E-state index in [2.05, 4.69) is 10.6 Å². The van der Waals surface area contributed by atoms with Gasteiger partial charge in [0.15, 0.2) is 6.61 Å². The maximum atomic E-state index is 11.4. The third kappa shape index (κ3) is 2.52. The highest BCUT2D eigenvalue weighted by Crippen LogP contribution is 2.34. The van der Waals surface area contributed by atoms with Gasteiger partial charge in [0.05, 0.1) is 11.7 Å². The van der Waals surface area contributed by atoms with E-state index in [1.165, 1.54) is 0 Å². The molecule has 0 aliphatic carbocycles. The summed E-state index contributed by atoms with van der Waals surface area (Å²) >= 11 is 0. The molecule has 1 aliphatic heterocycles. The van der Waals surface area contributed by atoms with Gasteiger partial charge in [0.25, 0.3) is 5.91 Å². The predicted octanol–water partition coefficient (Wildman–Crippen LogP) is 2.54. The predicted molar refractivity (Wildman–Crippen MR) is 79.7 cm³/mol. The summed E-state index contributed by atoms with van der Waals surface area (Å²) in [4.78, 5) is 11.4. The number of fused-ring (bicyclic) bond motifs is 1. The van der Waals surface area contributed by atoms with Gasteiger partial charge >= 0.3 is 0 Å². The van der Waals surface area contributed by atoms with Crippen molar-refractivity contribution in [3.8, 4) is 5.75 Å². The minimum atomic E-state index is -0.129. The van der Waals surface area contributed by atoms with E-state index >= 15 is 0 Å². The second-order valence-electron chi connectivity index (χ2n) is 5.18. The summed E-state index contributed by atoms with van der Waals surface area (Å²) in [5.74, 6) is 2.35. The van der Waals surface area contributed by atoms with Gasteiger partial charge in [0, 0.05) is 5.56 Å². The number of ether oxygens (including phenoxy) is 1. The zero-order valence-corrected chi connectivity index (χ0v) is 12.3. The lowest BCUT2D eigenvalue weighted by molar-refractivity contribution is -0.118. The van der Waals surface area contributed by atoms with E-state index in [1.54, 1.807) is 0 Å². The van der Waals surface area contributed by atoms with Crippen molar-refractivity contribution in [2.75, 3.05) is 19.0 Å². The molecule has 1 atom stereocenters. The maximum absolute atomic E-state index is 11.4. The Morgan fingerprint density at radius 1 is 1.29 bits per heavy atom. The molecule has 0 fully saturated rings. The largest absolute Gasteiger partial charge is 0.482 e. The molecular formula is C16H18N2O3. The fourth-order valence-corrected chi connectivity index (χ4v) is 2.72. The van der Waals surface area contributed by atoms with Gasteiger partial charge in [0.1, 0.15) is 17.3 Å². The number of aryl methyl sites for hydroxylation is 2. The average Bonchev–Trinajstić information content (AvgIpc) is 2.78. The number of benzene rings is 1. The first-order valence-corrected chi connectivity index (χ1v) is 6.89. The van der Waals surface area contributed by atoms with Crippen molar-refractivity contribution in [3.63, 3.8) is 0 Å². The minimum Gasteiger partial charge on any atom is -0.482 e. The molecule has 21 heavy (non-hydrogen) atoms. The lowest BCUT2D eigenvalue weighted by atomic mass is 9.98. The van der Waals surface area contributed by atoms with E-state index < -0.39 is 0 Å². The zero-order chi connectivity index (χ0) is 15.0. The molecule has 1 unspecified atom stereocenters. The van der Waals surface area contributed by atoms with Crippen LogP contribution in [0.5, 0.6) is 5.75 Å². The van der Waals surface area contributed by atoms with Crippen LogP contribution >= 0.6 is 0 Å². The molecule has 5 nitrogen and oxygen atoms in total. The van der Waals surface area contributed by atoms with Crippen LogP contribution in [0, 0.1) is 13.8 Å². The van der Waals surface area contributed by atoms with E-state index in [4.69, 9.17) is 9.15 Å². The Labute approximate surface area is 123 Å². The summed E-state index contributed by atoms with van der Waals surface area (Å²) in [7, 11) is 1.90. The van der Waals surface area contributed by atoms with Gasteiger partial charge in [-0.2, -0.15) is 0 Å². The number of hydrogen-bond donors (Lipinski definition) is 2. The van der Waals surface area contributed by atoms with Crippen molar-refractivity contribution >= 4 is 11.6 Å². The van der Waals surface area contributed by atoms with Crippen LogP contribution in [-0.2, 0) is 4.79 Å². The molecule has 0 spiro atoms. The Balaban J connectivity index is 2.00. The third-order valence-corrected chi connectivity index (χ3v) is 3.65. The monoisotopic (exact) mass is 286 g/mol. The van der Waals surface area contributed by atoms with E-state index in [1.807, 2.05) is 45.2 Å². The van der Waals surface area contributed by atoms with Crippen LogP contribution in [0.15, 0.2) is 28.7 Å². The van der Waals surface area contributed by atoms with E-state index in [0.29, 0.717) is 11.4 Å². The van der Waals surface area contributed by atoms with Crippen molar-refractivity contribution in [1.29, 1.82) is 0 Å². The number of carbonyl (C=O) groups is 1. The highest BCUT2D eigenvalue weighted by molar-refractivity contribution is 5.95. The van der Waals surface area contributed by atoms with Gasteiger partial charge in [-0.3, -0.25) is 4.79 Å².